The first-order valence-electron chi connectivity index (χ1n) is 5.84. The van der Waals surface area contributed by atoms with E-state index >= 15 is 0 Å². The Balaban J connectivity index is 0.00000128. The van der Waals surface area contributed by atoms with Crippen LogP contribution in [0.1, 0.15) is 30.9 Å². The molecule has 2 rings (SSSR count). The number of nitrogens with one attached hydrogen (secondary N) is 1. The minimum atomic E-state index is 0. The normalized spacial score (nSPS) is 18.7. The average Bonchev–Trinajstić information content (AvgIpc) is 2.26. The van der Waals surface area contributed by atoms with E-state index in [4.69, 9.17) is 0 Å². The maximum atomic E-state index is 9.70. The maximum Gasteiger partial charge on any atom is 0.119 e. The van der Waals surface area contributed by atoms with Gasteiger partial charge in [0.15, 0.2) is 0 Å². The minimum absolute atomic E-state index is 0. The smallest absolute Gasteiger partial charge is 0.119 e. The lowest BCUT2D eigenvalue weighted by molar-refractivity contribution is 0.432. The molecule has 0 aromatic heterocycles. The summed E-state index contributed by atoms with van der Waals surface area (Å²) in [6.45, 7) is 3.29. The van der Waals surface area contributed by atoms with Crippen molar-refractivity contribution < 1.29 is 5.11 Å². The predicted octanol–water partition coefficient (Wildman–Crippen LogP) is 2.67. The summed E-state index contributed by atoms with van der Waals surface area (Å²) in [5.41, 5.74) is 2.47. The van der Waals surface area contributed by atoms with E-state index in [-0.39, 0.29) is 12.4 Å². The molecule has 0 amide bonds. The third kappa shape index (κ3) is 2.89. The molecule has 1 unspecified atom stereocenters. The number of benzene rings is 1. The average molecular weight is 242 g/mol. The van der Waals surface area contributed by atoms with Crippen molar-refractivity contribution in [2.75, 3.05) is 6.54 Å². The first kappa shape index (κ1) is 13.3. The van der Waals surface area contributed by atoms with E-state index in [9.17, 15) is 5.11 Å². The van der Waals surface area contributed by atoms with Gasteiger partial charge in [0, 0.05) is 6.04 Å². The second kappa shape index (κ2) is 6.12. The zero-order chi connectivity index (χ0) is 10.7. The number of hydrogen-bond acceptors (Lipinski definition) is 2. The van der Waals surface area contributed by atoms with Crippen LogP contribution in [0.5, 0.6) is 5.75 Å². The highest BCUT2D eigenvalue weighted by Crippen LogP contribution is 2.28. The SMILES string of the molecule is CCCNC1CCc2c(O)cccc2C1.Cl. The fourth-order valence-corrected chi connectivity index (χ4v) is 2.31. The number of fused-ring (bicyclic) bond motifs is 1. The lowest BCUT2D eigenvalue weighted by atomic mass is 9.87. The van der Waals surface area contributed by atoms with Gasteiger partial charge in [0.2, 0.25) is 0 Å². The van der Waals surface area contributed by atoms with Gasteiger partial charge in [0.25, 0.3) is 0 Å². The van der Waals surface area contributed by atoms with Gasteiger partial charge in [0.1, 0.15) is 5.75 Å². The van der Waals surface area contributed by atoms with Crippen LogP contribution >= 0.6 is 12.4 Å². The molecule has 3 heteroatoms. The van der Waals surface area contributed by atoms with Gasteiger partial charge in [-0.05, 0) is 49.4 Å². The Kier molecular flexibility index (Phi) is 5.10. The van der Waals surface area contributed by atoms with E-state index in [1.807, 2.05) is 6.07 Å². The highest BCUT2D eigenvalue weighted by molar-refractivity contribution is 5.85. The molecule has 2 N–H and O–H groups in total. The van der Waals surface area contributed by atoms with E-state index in [0.29, 0.717) is 11.8 Å². The van der Waals surface area contributed by atoms with Crippen molar-refractivity contribution in [3.63, 3.8) is 0 Å². The molecule has 0 fully saturated rings. The fourth-order valence-electron chi connectivity index (χ4n) is 2.31. The number of halogens is 1. The van der Waals surface area contributed by atoms with Crippen LogP contribution in [0.25, 0.3) is 0 Å². The highest BCUT2D eigenvalue weighted by Gasteiger charge is 2.19. The lowest BCUT2D eigenvalue weighted by Crippen LogP contribution is -2.34. The van der Waals surface area contributed by atoms with Crippen molar-refractivity contribution in [2.24, 2.45) is 0 Å². The summed E-state index contributed by atoms with van der Waals surface area (Å²) < 4.78 is 0. The van der Waals surface area contributed by atoms with Crippen LogP contribution in [0.15, 0.2) is 18.2 Å². The molecule has 1 aromatic carbocycles. The Morgan fingerprint density at radius 3 is 3.00 bits per heavy atom. The van der Waals surface area contributed by atoms with Gasteiger partial charge in [-0.25, -0.2) is 0 Å². The second-order valence-electron chi connectivity index (χ2n) is 4.31. The molecule has 1 aliphatic carbocycles. The van der Waals surface area contributed by atoms with Crippen molar-refractivity contribution in [1.82, 2.24) is 5.32 Å². The van der Waals surface area contributed by atoms with E-state index in [1.165, 1.54) is 12.0 Å². The topological polar surface area (TPSA) is 32.3 Å². The van der Waals surface area contributed by atoms with Crippen LogP contribution in [0, 0.1) is 0 Å². The quantitative estimate of drug-likeness (QED) is 0.853. The Morgan fingerprint density at radius 2 is 2.25 bits per heavy atom. The molecule has 2 nitrogen and oxygen atoms in total. The first-order valence-corrected chi connectivity index (χ1v) is 5.84. The van der Waals surface area contributed by atoms with Gasteiger partial charge in [-0.2, -0.15) is 0 Å². The molecule has 0 saturated heterocycles. The summed E-state index contributed by atoms with van der Waals surface area (Å²) in [6, 6.07) is 6.46. The minimum Gasteiger partial charge on any atom is -0.508 e. The van der Waals surface area contributed by atoms with E-state index in [0.717, 1.165) is 31.4 Å². The van der Waals surface area contributed by atoms with Gasteiger partial charge >= 0.3 is 0 Å². The summed E-state index contributed by atoms with van der Waals surface area (Å²) in [7, 11) is 0. The molecule has 0 spiro atoms. The molecule has 0 aliphatic heterocycles. The molecular weight excluding hydrogens is 222 g/mol. The molecule has 1 atom stereocenters. The molecule has 16 heavy (non-hydrogen) atoms. The van der Waals surface area contributed by atoms with Gasteiger partial charge in [0.05, 0.1) is 0 Å². The second-order valence-corrected chi connectivity index (χ2v) is 4.31. The summed E-state index contributed by atoms with van der Waals surface area (Å²) in [5, 5.41) is 13.2. The van der Waals surface area contributed by atoms with E-state index in [2.05, 4.69) is 18.3 Å². The Labute approximate surface area is 103 Å². The van der Waals surface area contributed by atoms with Gasteiger partial charge < -0.3 is 10.4 Å². The van der Waals surface area contributed by atoms with Gasteiger partial charge in [-0.15, -0.1) is 12.4 Å². The summed E-state index contributed by atoms with van der Waals surface area (Å²) in [5.74, 6) is 0.474. The third-order valence-corrected chi connectivity index (χ3v) is 3.14. The molecule has 0 heterocycles. The molecule has 0 saturated carbocycles. The summed E-state index contributed by atoms with van der Waals surface area (Å²) in [6.07, 6.45) is 4.39. The molecular formula is C13H20ClNO. The van der Waals surface area contributed by atoms with E-state index < -0.39 is 0 Å². The molecule has 0 bridgehead atoms. The van der Waals surface area contributed by atoms with Crippen molar-refractivity contribution in [3.05, 3.63) is 29.3 Å². The monoisotopic (exact) mass is 241 g/mol. The van der Waals surface area contributed by atoms with E-state index in [1.54, 1.807) is 6.07 Å². The predicted molar refractivity (Wildman–Crippen MR) is 69.5 cm³/mol. The Morgan fingerprint density at radius 1 is 1.44 bits per heavy atom. The van der Waals surface area contributed by atoms with Crippen LogP contribution < -0.4 is 5.32 Å². The van der Waals surface area contributed by atoms with Gasteiger partial charge in [-0.3, -0.25) is 0 Å². The summed E-state index contributed by atoms with van der Waals surface area (Å²) in [4.78, 5) is 0. The molecule has 1 aliphatic rings. The standard InChI is InChI=1S/C13H19NO.ClH/c1-2-8-14-11-6-7-12-10(9-11)4-3-5-13(12)15;/h3-5,11,14-15H,2,6-9H2,1H3;1H. The molecule has 90 valence electrons. The summed E-state index contributed by atoms with van der Waals surface area (Å²) >= 11 is 0. The largest absolute Gasteiger partial charge is 0.508 e. The number of phenols is 1. The first-order chi connectivity index (χ1) is 7.31. The zero-order valence-corrected chi connectivity index (χ0v) is 10.5. The van der Waals surface area contributed by atoms with Crippen LogP contribution in [0.4, 0.5) is 0 Å². The van der Waals surface area contributed by atoms with Crippen molar-refractivity contribution >= 4 is 12.4 Å². The fraction of sp³-hybridized carbons (Fsp3) is 0.538. The van der Waals surface area contributed by atoms with Crippen LogP contribution in [-0.4, -0.2) is 17.7 Å². The van der Waals surface area contributed by atoms with Crippen molar-refractivity contribution in [2.45, 2.75) is 38.6 Å². The van der Waals surface area contributed by atoms with Crippen LogP contribution in [0.2, 0.25) is 0 Å². The highest BCUT2D eigenvalue weighted by atomic mass is 35.5. The number of phenolic OH excluding ortho intramolecular Hbond substituents is 1. The Hall–Kier alpha value is -0.730. The molecule has 1 aromatic rings. The lowest BCUT2D eigenvalue weighted by Gasteiger charge is -2.25. The van der Waals surface area contributed by atoms with Crippen molar-refractivity contribution in [3.8, 4) is 5.75 Å². The maximum absolute atomic E-state index is 9.70. The number of aromatic hydroxyl groups is 1. The third-order valence-electron chi connectivity index (χ3n) is 3.14. The van der Waals surface area contributed by atoms with Gasteiger partial charge in [-0.1, -0.05) is 19.1 Å². The number of rotatable bonds is 3. The van der Waals surface area contributed by atoms with Crippen LogP contribution in [0.3, 0.4) is 0 Å². The molecule has 0 radical (unpaired) electrons. The van der Waals surface area contributed by atoms with Crippen LogP contribution in [-0.2, 0) is 12.8 Å². The van der Waals surface area contributed by atoms with Crippen molar-refractivity contribution in [1.29, 1.82) is 0 Å². The Bertz CT molecular complexity index is 341. The zero-order valence-electron chi connectivity index (χ0n) is 9.70. The number of hydrogen-bond donors (Lipinski definition) is 2.